The van der Waals surface area contributed by atoms with E-state index in [2.05, 4.69) is 10.9 Å². The number of methoxy groups -OCH3 is 2. The maximum atomic E-state index is 13.5. The highest BCUT2D eigenvalue weighted by atomic mass is 19.1. The number of hydrazine groups is 1. The zero-order valence-electron chi connectivity index (χ0n) is 13.7. The molecule has 0 heterocycles. The molecule has 0 unspecified atom stereocenters. The summed E-state index contributed by atoms with van der Waals surface area (Å²) in [7, 11) is 3.04. The third-order valence-corrected chi connectivity index (χ3v) is 3.25. The molecule has 0 aliphatic heterocycles. The van der Waals surface area contributed by atoms with Crippen molar-refractivity contribution in [1.29, 1.82) is 0 Å². The van der Waals surface area contributed by atoms with Gasteiger partial charge in [0.1, 0.15) is 5.82 Å². The van der Waals surface area contributed by atoms with E-state index in [4.69, 9.17) is 9.47 Å². The van der Waals surface area contributed by atoms with Crippen molar-refractivity contribution in [1.82, 2.24) is 10.9 Å². The normalized spacial score (nSPS) is 10.4. The lowest BCUT2D eigenvalue weighted by atomic mass is 10.2. The van der Waals surface area contributed by atoms with Crippen LogP contribution in [0.25, 0.3) is 6.08 Å². The molecule has 0 aliphatic rings. The van der Waals surface area contributed by atoms with Gasteiger partial charge in [-0.25, -0.2) is 4.39 Å². The number of benzene rings is 2. The van der Waals surface area contributed by atoms with Crippen LogP contribution in [0.5, 0.6) is 11.5 Å². The molecule has 7 heteroatoms. The molecule has 2 rings (SSSR count). The standard InChI is InChI=1S/C18H17FN2O4/c1-24-15-9-7-12(11-16(15)25-2)8-10-17(22)20-21-18(23)13-5-3-4-6-14(13)19/h3-11H,1-2H3,(H,20,22)(H,21,23)/b10-8+. The summed E-state index contributed by atoms with van der Waals surface area (Å²) in [6.07, 6.45) is 2.76. The number of ether oxygens (including phenoxy) is 2. The van der Waals surface area contributed by atoms with Gasteiger partial charge in [0.05, 0.1) is 19.8 Å². The summed E-state index contributed by atoms with van der Waals surface area (Å²) >= 11 is 0. The fourth-order valence-electron chi connectivity index (χ4n) is 2.00. The van der Waals surface area contributed by atoms with Crippen LogP contribution in [0.4, 0.5) is 4.39 Å². The minimum absolute atomic E-state index is 0.160. The zero-order chi connectivity index (χ0) is 18.2. The largest absolute Gasteiger partial charge is 0.493 e. The van der Waals surface area contributed by atoms with Crippen LogP contribution in [0.15, 0.2) is 48.5 Å². The summed E-state index contributed by atoms with van der Waals surface area (Å²) in [6, 6.07) is 10.6. The van der Waals surface area contributed by atoms with Crippen molar-refractivity contribution < 1.29 is 23.5 Å². The molecular weight excluding hydrogens is 327 g/mol. The molecule has 2 aromatic carbocycles. The summed E-state index contributed by atoms with van der Waals surface area (Å²) in [6.45, 7) is 0. The molecular formula is C18H17FN2O4. The lowest BCUT2D eigenvalue weighted by molar-refractivity contribution is -0.117. The van der Waals surface area contributed by atoms with E-state index in [0.717, 1.165) is 6.07 Å². The summed E-state index contributed by atoms with van der Waals surface area (Å²) in [4.78, 5) is 23.5. The number of hydrogen-bond acceptors (Lipinski definition) is 4. The molecule has 6 nitrogen and oxygen atoms in total. The summed E-state index contributed by atoms with van der Waals surface area (Å²) in [5.41, 5.74) is 4.87. The van der Waals surface area contributed by atoms with Gasteiger partial charge in [-0.3, -0.25) is 20.4 Å². The molecule has 0 aliphatic carbocycles. The van der Waals surface area contributed by atoms with Crippen molar-refractivity contribution in [2.45, 2.75) is 0 Å². The Morgan fingerprint density at radius 2 is 1.72 bits per heavy atom. The van der Waals surface area contributed by atoms with Crippen molar-refractivity contribution in [3.8, 4) is 11.5 Å². The average Bonchev–Trinajstić information content (AvgIpc) is 2.64. The molecule has 0 bridgehead atoms. The van der Waals surface area contributed by atoms with Crippen LogP contribution in [-0.4, -0.2) is 26.0 Å². The Labute approximate surface area is 144 Å². The average molecular weight is 344 g/mol. The number of nitrogens with one attached hydrogen (secondary N) is 2. The molecule has 0 radical (unpaired) electrons. The van der Waals surface area contributed by atoms with Crippen molar-refractivity contribution in [3.05, 3.63) is 65.5 Å². The van der Waals surface area contributed by atoms with Gasteiger partial charge in [-0.15, -0.1) is 0 Å². The molecule has 130 valence electrons. The van der Waals surface area contributed by atoms with Gasteiger partial charge >= 0.3 is 0 Å². The Bertz CT molecular complexity index is 805. The van der Waals surface area contributed by atoms with Gasteiger partial charge in [-0.1, -0.05) is 18.2 Å². The highest BCUT2D eigenvalue weighted by molar-refractivity contribution is 5.98. The number of carbonyl (C=O) groups is 2. The molecule has 2 aromatic rings. The lowest BCUT2D eigenvalue weighted by Crippen LogP contribution is -2.41. The van der Waals surface area contributed by atoms with E-state index in [1.807, 2.05) is 0 Å². The summed E-state index contributed by atoms with van der Waals surface area (Å²) < 4.78 is 23.8. The molecule has 25 heavy (non-hydrogen) atoms. The van der Waals surface area contributed by atoms with Crippen molar-refractivity contribution in [3.63, 3.8) is 0 Å². The Morgan fingerprint density at radius 3 is 2.40 bits per heavy atom. The fraction of sp³-hybridized carbons (Fsp3) is 0.111. The quantitative estimate of drug-likeness (QED) is 0.645. The smallest absolute Gasteiger partial charge is 0.272 e. The predicted octanol–water partition coefficient (Wildman–Crippen LogP) is 2.32. The van der Waals surface area contributed by atoms with Crippen molar-refractivity contribution >= 4 is 17.9 Å². The molecule has 0 saturated heterocycles. The fourth-order valence-corrected chi connectivity index (χ4v) is 2.00. The van der Waals surface area contributed by atoms with E-state index in [1.165, 1.54) is 44.6 Å². The number of rotatable bonds is 5. The van der Waals surface area contributed by atoms with Gasteiger partial charge in [0.25, 0.3) is 11.8 Å². The van der Waals surface area contributed by atoms with Crippen molar-refractivity contribution in [2.24, 2.45) is 0 Å². The first-order chi connectivity index (χ1) is 12.0. The van der Waals surface area contributed by atoms with Gasteiger partial charge in [-0.2, -0.15) is 0 Å². The van der Waals surface area contributed by atoms with Gasteiger partial charge in [0.2, 0.25) is 0 Å². The second-order valence-corrected chi connectivity index (χ2v) is 4.87. The first-order valence-corrected chi connectivity index (χ1v) is 7.30. The maximum Gasteiger partial charge on any atom is 0.272 e. The molecule has 0 fully saturated rings. The van der Waals surface area contributed by atoms with Gasteiger partial charge in [0, 0.05) is 6.08 Å². The van der Waals surface area contributed by atoms with Crippen LogP contribution < -0.4 is 20.3 Å². The second kappa shape index (κ2) is 8.49. The monoisotopic (exact) mass is 344 g/mol. The van der Waals surface area contributed by atoms with E-state index < -0.39 is 17.6 Å². The van der Waals surface area contributed by atoms with Crippen LogP contribution in [-0.2, 0) is 4.79 Å². The van der Waals surface area contributed by atoms with E-state index in [-0.39, 0.29) is 5.56 Å². The Morgan fingerprint density at radius 1 is 1.00 bits per heavy atom. The molecule has 0 spiro atoms. The van der Waals surface area contributed by atoms with Crippen LogP contribution in [0, 0.1) is 5.82 Å². The van der Waals surface area contributed by atoms with Crippen LogP contribution in [0.2, 0.25) is 0 Å². The van der Waals surface area contributed by atoms with Gasteiger partial charge in [0.15, 0.2) is 11.5 Å². The highest BCUT2D eigenvalue weighted by Gasteiger charge is 2.10. The van der Waals surface area contributed by atoms with E-state index in [1.54, 1.807) is 18.2 Å². The third-order valence-electron chi connectivity index (χ3n) is 3.25. The van der Waals surface area contributed by atoms with E-state index >= 15 is 0 Å². The Kier molecular flexibility index (Phi) is 6.11. The summed E-state index contributed by atoms with van der Waals surface area (Å²) in [5.74, 6) is -0.889. The predicted molar refractivity (Wildman–Crippen MR) is 90.6 cm³/mol. The molecule has 2 amide bonds. The molecule has 0 saturated carbocycles. The minimum atomic E-state index is -0.744. The third kappa shape index (κ3) is 4.81. The molecule has 2 N–H and O–H groups in total. The van der Waals surface area contributed by atoms with Gasteiger partial charge < -0.3 is 9.47 Å². The van der Waals surface area contributed by atoms with Crippen LogP contribution >= 0.6 is 0 Å². The summed E-state index contributed by atoms with van der Waals surface area (Å²) in [5, 5.41) is 0. The Hall–Kier alpha value is -3.35. The number of amides is 2. The lowest BCUT2D eigenvalue weighted by Gasteiger charge is -2.08. The SMILES string of the molecule is COc1ccc(/C=C/C(=O)NNC(=O)c2ccccc2F)cc1OC. The topological polar surface area (TPSA) is 76.7 Å². The van der Waals surface area contributed by atoms with Gasteiger partial charge in [-0.05, 0) is 35.9 Å². The zero-order valence-corrected chi connectivity index (χ0v) is 13.7. The number of carbonyl (C=O) groups excluding carboxylic acids is 2. The minimum Gasteiger partial charge on any atom is -0.493 e. The van der Waals surface area contributed by atoms with Crippen LogP contribution in [0.3, 0.4) is 0 Å². The second-order valence-electron chi connectivity index (χ2n) is 4.87. The van der Waals surface area contributed by atoms with Crippen molar-refractivity contribution in [2.75, 3.05) is 14.2 Å². The van der Waals surface area contributed by atoms with E-state index in [9.17, 15) is 14.0 Å². The first-order valence-electron chi connectivity index (χ1n) is 7.30. The Balaban J connectivity index is 1.95. The molecule has 0 atom stereocenters. The molecule has 0 aromatic heterocycles. The highest BCUT2D eigenvalue weighted by Crippen LogP contribution is 2.27. The maximum absolute atomic E-state index is 13.5. The van der Waals surface area contributed by atoms with E-state index in [0.29, 0.717) is 17.1 Å². The number of halogens is 1. The number of hydrogen-bond donors (Lipinski definition) is 2. The van der Waals surface area contributed by atoms with Crippen LogP contribution in [0.1, 0.15) is 15.9 Å². The first kappa shape index (κ1) is 18.0.